The van der Waals surface area contributed by atoms with Gasteiger partial charge in [-0.2, -0.15) is 0 Å². The molecular weight excluding hydrogens is 223 g/mol. The van der Waals surface area contributed by atoms with Gasteiger partial charge in [0.1, 0.15) is 7.28 Å². The van der Waals surface area contributed by atoms with Gasteiger partial charge in [0, 0.05) is 4.47 Å². The molecule has 0 spiro atoms. The lowest BCUT2D eigenvalue weighted by atomic mass is 9.69. The molecule has 69 valence electrons. The number of rotatable bonds is 2. The Labute approximate surface area is 90.1 Å². The second-order valence-electron chi connectivity index (χ2n) is 3.65. The third kappa shape index (κ3) is 2.37. The monoisotopic (exact) mass is 237 g/mol. The maximum atomic E-state index is 3.54. The average molecular weight is 238 g/mol. The lowest BCUT2D eigenvalue weighted by Gasteiger charge is -2.14. The molecule has 0 saturated heterocycles. The Morgan fingerprint density at radius 1 is 1.31 bits per heavy atom. The molecule has 0 unspecified atom stereocenters. The Morgan fingerprint density at radius 2 is 1.92 bits per heavy atom. The normalized spacial score (nSPS) is 10.6. The van der Waals surface area contributed by atoms with E-state index in [1.165, 1.54) is 21.1 Å². The molecule has 0 aliphatic heterocycles. The van der Waals surface area contributed by atoms with E-state index in [1.54, 1.807) is 0 Å². The molecule has 1 aromatic carbocycles. The fraction of sp³-hybridized carbons (Fsp3) is 0.455. The van der Waals surface area contributed by atoms with Crippen molar-refractivity contribution in [1.82, 2.24) is 0 Å². The summed E-state index contributed by atoms with van der Waals surface area (Å²) < 4.78 is 1.18. The van der Waals surface area contributed by atoms with Crippen LogP contribution in [-0.2, 0) is 0 Å². The van der Waals surface area contributed by atoms with Gasteiger partial charge >= 0.3 is 0 Å². The average Bonchev–Trinajstić information content (AvgIpc) is 2.08. The zero-order chi connectivity index (χ0) is 10.0. The SMILES string of the molecule is C[B]c1cc(Br)cc(C(C)C)c1C. The predicted molar refractivity (Wildman–Crippen MR) is 64.2 cm³/mol. The molecule has 0 atom stereocenters. The highest BCUT2D eigenvalue weighted by Crippen LogP contribution is 2.21. The van der Waals surface area contributed by atoms with Crippen LogP contribution in [0.1, 0.15) is 30.9 Å². The van der Waals surface area contributed by atoms with E-state index in [-0.39, 0.29) is 0 Å². The van der Waals surface area contributed by atoms with Crippen LogP contribution >= 0.6 is 15.9 Å². The number of halogens is 1. The summed E-state index contributed by atoms with van der Waals surface area (Å²) in [5, 5.41) is 0. The number of hydrogen-bond acceptors (Lipinski definition) is 0. The van der Waals surface area contributed by atoms with Crippen LogP contribution in [0.5, 0.6) is 0 Å². The van der Waals surface area contributed by atoms with Gasteiger partial charge in [0.05, 0.1) is 0 Å². The summed E-state index contributed by atoms with van der Waals surface area (Å²) in [7, 11) is 2.16. The molecule has 0 bridgehead atoms. The van der Waals surface area contributed by atoms with Crippen molar-refractivity contribution in [2.75, 3.05) is 0 Å². The van der Waals surface area contributed by atoms with E-state index in [0.29, 0.717) is 5.92 Å². The second-order valence-corrected chi connectivity index (χ2v) is 4.57. The van der Waals surface area contributed by atoms with Crippen LogP contribution in [-0.4, -0.2) is 7.28 Å². The smallest absolute Gasteiger partial charge is 0.0872 e. The zero-order valence-corrected chi connectivity index (χ0v) is 10.3. The summed E-state index contributed by atoms with van der Waals surface area (Å²) in [4.78, 5) is 0. The summed E-state index contributed by atoms with van der Waals surface area (Å²) in [6.45, 7) is 8.73. The lowest BCUT2D eigenvalue weighted by molar-refractivity contribution is 0.857. The summed E-state index contributed by atoms with van der Waals surface area (Å²) in [6.07, 6.45) is 0. The van der Waals surface area contributed by atoms with Crippen LogP contribution in [0, 0.1) is 6.92 Å². The molecule has 0 saturated carbocycles. The fourth-order valence-electron chi connectivity index (χ4n) is 1.62. The molecule has 0 aliphatic rings. The highest BCUT2D eigenvalue weighted by molar-refractivity contribution is 9.10. The van der Waals surface area contributed by atoms with Gasteiger partial charge < -0.3 is 0 Å². The summed E-state index contributed by atoms with van der Waals surface area (Å²) in [5.74, 6) is 0.594. The third-order valence-electron chi connectivity index (χ3n) is 2.39. The van der Waals surface area contributed by atoms with E-state index in [4.69, 9.17) is 0 Å². The molecular formula is C11H15BBr. The molecule has 1 aromatic rings. The Bertz CT molecular complexity index is 305. The van der Waals surface area contributed by atoms with Crippen molar-refractivity contribution >= 4 is 28.7 Å². The molecule has 0 heterocycles. The molecule has 0 amide bonds. The highest BCUT2D eigenvalue weighted by atomic mass is 79.9. The van der Waals surface area contributed by atoms with E-state index < -0.39 is 0 Å². The van der Waals surface area contributed by atoms with Crippen molar-refractivity contribution in [2.45, 2.75) is 33.5 Å². The quantitative estimate of drug-likeness (QED) is 0.693. The summed E-state index contributed by atoms with van der Waals surface area (Å²) >= 11 is 3.54. The Morgan fingerprint density at radius 3 is 2.38 bits per heavy atom. The van der Waals surface area contributed by atoms with Gasteiger partial charge in [-0.15, -0.1) is 0 Å². The maximum Gasteiger partial charge on any atom is 0.148 e. The Kier molecular flexibility index (Phi) is 3.60. The standard InChI is InChI=1S/C11H15BBr/c1-7(2)10-5-9(13)6-11(12-4)8(10)3/h5-7H,1-4H3. The molecule has 2 heteroatoms. The van der Waals surface area contributed by atoms with Crippen LogP contribution in [0.3, 0.4) is 0 Å². The van der Waals surface area contributed by atoms with Crippen molar-refractivity contribution in [1.29, 1.82) is 0 Å². The van der Waals surface area contributed by atoms with Crippen LogP contribution in [0.4, 0.5) is 0 Å². The van der Waals surface area contributed by atoms with Gasteiger partial charge in [0.2, 0.25) is 0 Å². The Hall–Kier alpha value is -0.235. The van der Waals surface area contributed by atoms with Gasteiger partial charge in [0.15, 0.2) is 0 Å². The van der Waals surface area contributed by atoms with Crippen molar-refractivity contribution < 1.29 is 0 Å². The largest absolute Gasteiger partial charge is 0.148 e. The second kappa shape index (κ2) is 4.32. The predicted octanol–water partition coefficient (Wildman–Crippen LogP) is 3.26. The molecule has 0 aliphatic carbocycles. The van der Waals surface area contributed by atoms with E-state index in [0.717, 1.165) is 0 Å². The lowest BCUT2D eigenvalue weighted by Crippen LogP contribution is -2.17. The van der Waals surface area contributed by atoms with Gasteiger partial charge in [-0.1, -0.05) is 53.7 Å². The van der Waals surface area contributed by atoms with Crippen LogP contribution in [0.2, 0.25) is 6.82 Å². The molecule has 1 rings (SSSR count). The molecule has 0 N–H and O–H groups in total. The van der Waals surface area contributed by atoms with Crippen LogP contribution in [0.25, 0.3) is 0 Å². The van der Waals surface area contributed by atoms with Gasteiger partial charge in [0.25, 0.3) is 0 Å². The zero-order valence-electron chi connectivity index (χ0n) is 8.69. The first-order valence-electron chi connectivity index (χ1n) is 4.65. The molecule has 0 aromatic heterocycles. The minimum atomic E-state index is 0.594. The first-order chi connectivity index (χ1) is 6.06. The van der Waals surface area contributed by atoms with Gasteiger partial charge in [-0.05, 0) is 24.5 Å². The maximum absolute atomic E-state index is 3.54. The van der Waals surface area contributed by atoms with Crippen molar-refractivity contribution in [3.05, 3.63) is 27.7 Å². The Balaban J connectivity index is 3.27. The first kappa shape index (κ1) is 10.8. The first-order valence-corrected chi connectivity index (χ1v) is 5.45. The van der Waals surface area contributed by atoms with Crippen LogP contribution < -0.4 is 5.46 Å². The number of hydrogen-bond donors (Lipinski definition) is 0. The molecule has 0 nitrogen and oxygen atoms in total. The molecule has 1 radical (unpaired) electrons. The van der Waals surface area contributed by atoms with Crippen molar-refractivity contribution in [2.24, 2.45) is 0 Å². The van der Waals surface area contributed by atoms with Gasteiger partial charge in [-0.25, -0.2) is 0 Å². The third-order valence-corrected chi connectivity index (χ3v) is 2.84. The topological polar surface area (TPSA) is 0 Å². The van der Waals surface area contributed by atoms with Gasteiger partial charge in [-0.3, -0.25) is 0 Å². The number of benzene rings is 1. The summed E-state index contributed by atoms with van der Waals surface area (Å²) in [6, 6.07) is 4.38. The highest BCUT2D eigenvalue weighted by Gasteiger charge is 2.07. The minimum Gasteiger partial charge on any atom is -0.0872 e. The molecule has 13 heavy (non-hydrogen) atoms. The van der Waals surface area contributed by atoms with Crippen molar-refractivity contribution in [3.8, 4) is 0 Å². The minimum absolute atomic E-state index is 0.594. The molecule has 0 fully saturated rings. The fourth-order valence-corrected chi connectivity index (χ4v) is 2.11. The van der Waals surface area contributed by atoms with E-state index in [2.05, 4.69) is 62.9 Å². The van der Waals surface area contributed by atoms with Crippen LogP contribution in [0.15, 0.2) is 16.6 Å². The van der Waals surface area contributed by atoms with E-state index in [1.807, 2.05) is 0 Å². The van der Waals surface area contributed by atoms with E-state index in [9.17, 15) is 0 Å². The van der Waals surface area contributed by atoms with E-state index >= 15 is 0 Å². The van der Waals surface area contributed by atoms with Crippen molar-refractivity contribution in [3.63, 3.8) is 0 Å². The summed E-state index contributed by atoms with van der Waals surface area (Å²) in [5.41, 5.74) is 4.17.